The summed E-state index contributed by atoms with van der Waals surface area (Å²) in [4.78, 5) is 57.6. The van der Waals surface area contributed by atoms with Gasteiger partial charge in [0.15, 0.2) is 0 Å². The molecule has 0 aliphatic carbocycles. The van der Waals surface area contributed by atoms with E-state index in [0.717, 1.165) is 74.0 Å². The fourth-order valence-corrected chi connectivity index (χ4v) is 13.6. The molecule has 0 amide bonds. The van der Waals surface area contributed by atoms with Crippen LogP contribution in [0.25, 0.3) is 0 Å². The van der Waals surface area contributed by atoms with Crippen molar-refractivity contribution < 1.29 is 75.0 Å². The molecule has 484 valence electrons. The summed E-state index contributed by atoms with van der Waals surface area (Å²) in [5.74, 6) is -6.16. The van der Waals surface area contributed by atoms with E-state index in [1.807, 2.05) is 0 Å². The van der Waals surface area contributed by atoms with Crippen molar-refractivity contribution in [2.45, 2.75) is 289 Å². The summed E-state index contributed by atoms with van der Waals surface area (Å²) in [5.41, 5.74) is 0.845. The lowest BCUT2D eigenvalue weighted by Gasteiger charge is -2.44. The van der Waals surface area contributed by atoms with Crippen LogP contribution in [0.4, 0.5) is 0 Å². The minimum atomic E-state index is -1.24. The molecule has 82 heavy (non-hydrogen) atoms. The first-order chi connectivity index (χ1) is 36.5. The molecule has 23 nitrogen and oxygen atoms in total. The van der Waals surface area contributed by atoms with Crippen LogP contribution in [-0.2, 0) is 24.0 Å². The number of piperidine rings is 5. The Morgan fingerprint density at radius 2 is 0.378 bits per heavy atom. The Morgan fingerprint density at radius 3 is 0.488 bits per heavy atom. The SMILES string of the molecule is CC1(C)CC(O)CC(C)(C)N1.CC1(C)CC(O)CC(C)(C)N1.CC1(C)CC(O)CC(C)(C)N1.CC1(C)CC(O)CC(C)(C)N1.CC1(C)CC(O)CC(C)(C)N1.O=C(O)CN(CCN(CC(=O)O)CC(=O)O)CCN(CC(=O)O)CC(=O)O. The van der Waals surface area contributed by atoms with E-state index < -0.39 is 62.6 Å². The van der Waals surface area contributed by atoms with Gasteiger partial charge in [0.2, 0.25) is 0 Å². The second-order valence-corrected chi connectivity index (χ2v) is 30.4. The molecule has 5 aliphatic rings. The van der Waals surface area contributed by atoms with E-state index in [1.165, 1.54) is 4.90 Å². The summed E-state index contributed by atoms with van der Waals surface area (Å²) < 4.78 is 0. The molecule has 0 radical (unpaired) electrons. The highest BCUT2D eigenvalue weighted by atomic mass is 16.4. The van der Waals surface area contributed by atoms with Gasteiger partial charge >= 0.3 is 29.8 Å². The zero-order valence-electron chi connectivity index (χ0n) is 54.2. The molecule has 5 fully saturated rings. The third kappa shape index (κ3) is 38.7. The number of nitrogens with one attached hydrogen (secondary N) is 5. The number of nitrogens with zero attached hydrogens (tertiary/aromatic N) is 3. The summed E-state index contributed by atoms with van der Waals surface area (Å²) in [7, 11) is 0. The van der Waals surface area contributed by atoms with Crippen molar-refractivity contribution in [1.82, 2.24) is 41.3 Å². The highest BCUT2D eigenvalue weighted by molar-refractivity contribution is 5.73. The number of aliphatic hydroxyl groups excluding tert-OH is 5. The Hall–Kier alpha value is -3.17. The van der Waals surface area contributed by atoms with Gasteiger partial charge in [0.1, 0.15) is 0 Å². The molecule has 5 heterocycles. The molecule has 5 aliphatic heterocycles. The normalized spacial score (nSPS) is 24.0. The maximum atomic E-state index is 11.0. The number of carboxylic acid groups (broad SMARTS) is 5. The van der Waals surface area contributed by atoms with Crippen LogP contribution >= 0.6 is 0 Å². The van der Waals surface area contributed by atoms with Gasteiger partial charge in [-0.05, 0) is 203 Å². The van der Waals surface area contributed by atoms with E-state index in [4.69, 9.17) is 25.5 Å². The van der Waals surface area contributed by atoms with Crippen molar-refractivity contribution in [3.05, 3.63) is 0 Å². The van der Waals surface area contributed by atoms with Crippen LogP contribution in [0.1, 0.15) is 203 Å². The van der Waals surface area contributed by atoms with Gasteiger partial charge in [-0.2, -0.15) is 0 Å². The van der Waals surface area contributed by atoms with Crippen LogP contribution in [0.3, 0.4) is 0 Å². The predicted octanol–water partition coefficient (Wildman–Crippen LogP) is 3.75. The first kappa shape index (κ1) is 78.8. The molecule has 5 saturated heterocycles. The molecule has 0 aromatic carbocycles. The molecule has 0 atom stereocenters. The van der Waals surface area contributed by atoms with Gasteiger partial charge in [0.25, 0.3) is 0 Å². The first-order valence-corrected chi connectivity index (χ1v) is 29.2. The van der Waals surface area contributed by atoms with Gasteiger partial charge < -0.3 is 77.6 Å². The third-order valence-corrected chi connectivity index (χ3v) is 14.1. The maximum Gasteiger partial charge on any atom is 0.317 e. The number of hydrogen-bond donors (Lipinski definition) is 15. The Kier molecular flexibility index (Phi) is 30.8. The standard InChI is InChI=1S/C14H23N3O10.5C9H19NO/c18-10(19)5-15(1-3-16(6-11(20)21)7-12(22)23)2-4-17(8-13(24)25)9-14(26)27;5*1-8(2)5-7(11)6-9(3,4)10-8/h1-9H2,(H,18,19)(H,20,21)(H,22,23)(H,24,25)(H,26,27);5*7,10-11H,5-6H2,1-4H3. The smallest absolute Gasteiger partial charge is 0.317 e. The Bertz CT molecular complexity index is 1630. The highest BCUT2D eigenvalue weighted by Gasteiger charge is 2.40. The van der Waals surface area contributed by atoms with Crippen molar-refractivity contribution >= 4 is 29.8 Å². The summed E-state index contributed by atoms with van der Waals surface area (Å²) in [6, 6.07) is 0. The van der Waals surface area contributed by atoms with Gasteiger partial charge in [-0.15, -0.1) is 0 Å². The largest absolute Gasteiger partial charge is 0.480 e. The Labute approximate surface area is 492 Å². The quantitative estimate of drug-likeness (QED) is 0.105. The van der Waals surface area contributed by atoms with Gasteiger partial charge in [0.05, 0.1) is 63.2 Å². The molecule has 0 spiro atoms. The van der Waals surface area contributed by atoms with E-state index in [0.29, 0.717) is 0 Å². The first-order valence-electron chi connectivity index (χ1n) is 29.2. The minimum Gasteiger partial charge on any atom is -0.480 e. The van der Waals surface area contributed by atoms with Crippen molar-refractivity contribution in [3.63, 3.8) is 0 Å². The maximum absolute atomic E-state index is 11.0. The average Bonchev–Trinajstić information content (AvgIpc) is 3.11. The van der Waals surface area contributed by atoms with E-state index in [9.17, 15) is 49.5 Å². The topological polar surface area (TPSA) is 358 Å². The molecule has 15 N–H and O–H groups in total. The van der Waals surface area contributed by atoms with Crippen molar-refractivity contribution in [1.29, 1.82) is 0 Å². The molecule has 0 aromatic heterocycles. The lowest BCUT2D eigenvalue weighted by atomic mass is 9.81. The van der Waals surface area contributed by atoms with Crippen LogP contribution in [0.2, 0.25) is 0 Å². The zero-order valence-corrected chi connectivity index (χ0v) is 54.2. The second-order valence-electron chi connectivity index (χ2n) is 30.4. The molecule has 0 unspecified atom stereocenters. The summed E-state index contributed by atoms with van der Waals surface area (Å²) >= 11 is 0. The number of aliphatic carboxylic acids is 5. The van der Waals surface area contributed by atoms with Crippen LogP contribution in [0.15, 0.2) is 0 Å². The van der Waals surface area contributed by atoms with Crippen LogP contribution in [0.5, 0.6) is 0 Å². The van der Waals surface area contributed by atoms with E-state index >= 15 is 0 Å². The van der Waals surface area contributed by atoms with Crippen molar-refractivity contribution in [2.24, 2.45) is 0 Å². The second kappa shape index (κ2) is 32.0. The van der Waals surface area contributed by atoms with Gasteiger partial charge in [-0.1, -0.05) is 0 Å². The number of hydrogen-bond acceptors (Lipinski definition) is 18. The summed E-state index contributed by atoms with van der Waals surface area (Å²) in [6.45, 7) is 40.0. The third-order valence-electron chi connectivity index (χ3n) is 14.1. The van der Waals surface area contributed by atoms with Crippen LogP contribution in [-0.4, -0.2) is 240 Å². The van der Waals surface area contributed by atoms with Gasteiger partial charge in [0, 0.05) is 81.6 Å². The summed E-state index contributed by atoms with van der Waals surface area (Å²) in [5, 5.41) is 109. The van der Waals surface area contributed by atoms with Crippen molar-refractivity contribution in [3.8, 4) is 0 Å². The van der Waals surface area contributed by atoms with Crippen LogP contribution in [0, 0.1) is 0 Å². The number of rotatable bonds is 16. The predicted molar refractivity (Wildman–Crippen MR) is 320 cm³/mol. The molecule has 23 heteroatoms. The van der Waals surface area contributed by atoms with Crippen LogP contribution < -0.4 is 26.6 Å². The zero-order chi connectivity index (χ0) is 64.5. The Balaban J connectivity index is 0.00000101. The molecule has 5 rings (SSSR count). The fourth-order valence-electron chi connectivity index (χ4n) is 13.6. The monoisotopic (exact) mass is 1180 g/mol. The number of aliphatic hydroxyl groups is 5. The highest BCUT2D eigenvalue weighted by Crippen LogP contribution is 2.32. The average molecular weight is 1180 g/mol. The minimum absolute atomic E-state index is 0.000836. The van der Waals surface area contributed by atoms with Gasteiger partial charge in [-0.25, -0.2) is 0 Å². The Morgan fingerprint density at radius 1 is 0.268 bits per heavy atom. The lowest BCUT2D eigenvalue weighted by Crippen LogP contribution is -2.59. The number of carbonyl (C=O) groups is 5. The van der Waals surface area contributed by atoms with Gasteiger partial charge in [-0.3, -0.25) is 38.7 Å². The fraction of sp³-hybridized carbons (Fsp3) is 0.915. The summed E-state index contributed by atoms with van der Waals surface area (Å²) in [6.07, 6.45) is 7.89. The molecule has 0 aromatic rings. The molecular weight excluding hydrogens is 1060 g/mol. The lowest BCUT2D eigenvalue weighted by molar-refractivity contribution is -0.143. The van der Waals surface area contributed by atoms with E-state index in [2.05, 4.69) is 165 Å². The number of carboxylic acids is 5. The van der Waals surface area contributed by atoms with E-state index in [-0.39, 0.29) is 112 Å². The molecule has 0 bridgehead atoms. The molecular formula is C59H118N8O15. The molecule has 0 saturated carbocycles. The van der Waals surface area contributed by atoms with E-state index in [1.54, 1.807) is 0 Å². The van der Waals surface area contributed by atoms with Crippen molar-refractivity contribution in [2.75, 3.05) is 58.9 Å².